The van der Waals surface area contributed by atoms with Crippen LogP contribution in [0.5, 0.6) is 0 Å². The first-order chi connectivity index (χ1) is 8.22. The SMILES string of the molecule is CCNC(C)c1cnc(-c2ccccc2C)s1. The average molecular weight is 246 g/mol. The molecule has 0 aliphatic heterocycles. The van der Waals surface area contributed by atoms with E-state index in [1.54, 1.807) is 11.3 Å². The van der Waals surface area contributed by atoms with Gasteiger partial charge in [-0.25, -0.2) is 4.98 Å². The van der Waals surface area contributed by atoms with Gasteiger partial charge in [0, 0.05) is 22.7 Å². The van der Waals surface area contributed by atoms with Gasteiger partial charge in [0.25, 0.3) is 0 Å². The van der Waals surface area contributed by atoms with E-state index < -0.39 is 0 Å². The van der Waals surface area contributed by atoms with Crippen LogP contribution in [0.25, 0.3) is 10.6 Å². The van der Waals surface area contributed by atoms with Crippen molar-refractivity contribution in [3.8, 4) is 10.6 Å². The third kappa shape index (κ3) is 2.73. The molecule has 1 N–H and O–H groups in total. The summed E-state index contributed by atoms with van der Waals surface area (Å²) in [6, 6.07) is 8.78. The zero-order valence-corrected chi connectivity index (χ0v) is 11.3. The van der Waals surface area contributed by atoms with E-state index in [0.29, 0.717) is 6.04 Å². The Labute approximate surface area is 107 Å². The van der Waals surface area contributed by atoms with Gasteiger partial charge in [-0.2, -0.15) is 0 Å². The van der Waals surface area contributed by atoms with Gasteiger partial charge in [-0.3, -0.25) is 0 Å². The first kappa shape index (κ1) is 12.3. The topological polar surface area (TPSA) is 24.9 Å². The van der Waals surface area contributed by atoms with Crippen LogP contribution in [-0.4, -0.2) is 11.5 Å². The van der Waals surface area contributed by atoms with Crippen molar-refractivity contribution < 1.29 is 0 Å². The van der Waals surface area contributed by atoms with E-state index >= 15 is 0 Å². The molecule has 3 heteroatoms. The molecule has 0 radical (unpaired) electrons. The van der Waals surface area contributed by atoms with Gasteiger partial charge in [0.05, 0.1) is 0 Å². The zero-order chi connectivity index (χ0) is 12.3. The lowest BCUT2D eigenvalue weighted by Crippen LogP contribution is -2.16. The van der Waals surface area contributed by atoms with Crippen LogP contribution in [0.1, 0.15) is 30.3 Å². The maximum atomic E-state index is 4.53. The second-order valence-corrected chi connectivity index (χ2v) is 5.22. The highest BCUT2D eigenvalue weighted by Gasteiger charge is 2.10. The van der Waals surface area contributed by atoms with Gasteiger partial charge < -0.3 is 5.32 Å². The van der Waals surface area contributed by atoms with Crippen LogP contribution < -0.4 is 5.32 Å². The normalized spacial score (nSPS) is 12.6. The Bertz CT molecular complexity index is 490. The Kier molecular flexibility index (Phi) is 3.92. The summed E-state index contributed by atoms with van der Waals surface area (Å²) in [5.41, 5.74) is 2.52. The predicted octanol–water partition coefficient (Wildman–Crippen LogP) is 3.79. The van der Waals surface area contributed by atoms with Gasteiger partial charge in [0.1, 0.15) is 5.01 Å². The van der Waals surface area contributed by atoms with Crippen molar-refractivity contribution in [2.75, 3.05) is 6.54 Å². The second kappa shape index (κ2) is 5.43. The highest BCUT2D eigenvalue weighted by Crippen LogP contribution is 2.30. The molecule has 0 fully saturated rings. The lowest BCUT2D eigenvalue weighted by Gasteiger charge is -2.08. The van der Waals surface area contributed by atoms with E-state index in [-0.39, 0.29) is 0 Å². The Morgan fingerprint density at radius 1 is 1.35 bits per heavy atom. The fourth-order valence-electron chi connectivity index (χ4n) is 1.83. The van der Waals surface area contributed by atoms with Crippen molar-refractivity contribution in [2.24, 2.45) is 0 Å². The highest BCUT2D eigenvalue weighted by molar-refractivity contribution is 7.15. The number of nitrogens with one attached hydrogen (secondary N) is 1. The number of hydrogen-bond acceptors (Lipinski definition) is 3. The number of hydrogen-bond donors (Lipinski definition) is 1. The molecule has 2 aromatic rings. The van der Waals surface area contributed by atoms with Gasteiger partial charge in [-0.15, -0.1) is 11.3 Å². The molecule has 0 bridgehead atoms. The first-order valence-corrected chi connectivity index (χ1v) is 6.79. The summed E-state index contributed by atoms with van der Waals surface area (Å²) < 4.78 is 0. The molecule has 0 amide bonds. The molecule has 1 atom stereocenters. The van der Waals surface area contributed by atoms with E-state index in [1.807, 2.05) is 6.20 Å². The van der Waals surface area contributed by atoms with Crippen molar-refractivity contribution >= 4 is 11.3 Å². The van der Waals surface area contributed by atoms with Crippen molar-refractivity contribution in [1.82, 2.24) is 10.3 Å². The predicted molar refractivity (Wildman–Crippen MR) is 74.4 cm³/mol. The summed E-state index contributed by atoms with van der Waals surface area (Å²) in [4.78, 5) is 5.83. The molecular formula is C14H18N2S. The average Bonchev–Trinajstić information content (AvgIpc) is 2.79. The van der Waals surface area contributed by atoms with Crippen molar-refractivity contribution in [3.63, 3.8) is 0 Å². The first-order valence-electron chi connectivity index (χ1n) is 5.97. The van der Waals surface area contributed by atoms with Crippen LogP contribution in [-0.2, 0) is 0 Å². The molecule has 0 aliphatic rings. The maximum Gasteiger partial charge on any atom is 0.123 e. The van der Waals surface area contributed by atoms with Crippen molar-refractivity contribution in [1.29, 1.82) is 0 Å². The molecule has 1 aromatic heterocycles. The summed E-state index contributed by atoms with van der Waals surface area (Å²) in [5.74, 6) is 0. The van der Waals surface area contributed by atoms with Crippen LogP contribution in [0.15, 0.2) is 30.5 Å². The lowest BCUT2D eigenvalue weighted by molar-refractivity contribution is 0.606. The van der Waals surface area contributed by atoms with Gasteiger partial charge in [-0.1, -0.05) is 31.2 Å². The number of aryl methyl sites for hydroxylation is 1. The summed E-state index contributed by atoms with van der Waals surface area (Å²) >= 11 is 1.77. The Hall–Kier alpha value is -1.19. The standard InChI is InChI=1S/C14H18N2S/c1-4-15-11(3)13-9-16-14(17-13)12-8-6-5-7-10(12)2/h5-9,11,15H,4H2,1-3H3. The molecule has 2 rings (SSSR count). The van der Waals surface area contributed by atoms with Gasteiger partial charge in [0.2, 0.25) is 0 Å². The van der Waals surface area contributed by atoms with Crippen LogP contribution in [0, 0.1) is 6.92 Å². The molecule has 1 unspecified atom stereocenters. The Morgan fingerprint density at radius 2 is 2.12 bits per heavy atom. The minimum absolute atomic E-state index is 0.385. The molecule has 17 heavy (non-hydrogen) atoms. The minimum Gasteiger partial charge on any atom is -0.310 e. The number of rotatable bonds is 4. The smallest absolute Gasteiger partial charge is 0.123 e. The molecule has 90 valence electrons. The molecule has 2 nitrogen and oxygen atoms in total. The van der Waals surface area contributed by atoms with E-state index in [9.17, 15) is 0 Å². The van der Waals surface area contributed by atoms with Gasteiger partial charge in [0.15, 0.2) is 0 Å². The number of aromatic nitrogens is 1. The summed E-state index contributed by atoms with van der Waals surface area (Å²) in [6.45, 7) is 7.42. The molecule has 0 saturated carbocycles. The fraction of sp³-hybridized carbons (Fsp3) is 0.357. The Morgan fingerprint density at radius 3 is 2.82 bits per heavy atom. The quantitative estimate of drug-likeness (QED) is 0.888. The van der Waals surface area contributed by atoms with Crippen LogP contribution in [0.3, 0.4) is 0 Å². The molecule has 1 heterocycles. The fourth-order valence-corrected chi connectivity index (χ4v) is 2.86. The number of thiazole rings is 1. The van der Waals surface area contributed by atoms with Crippen molar-refractivity contribution in [3.05, 3.63) is 40.9 Å². The van der Waals surface area contributed by atoms with Crippen LogP contribution in [0.4, 0.5) is 0 Å². The Balaban J connectivity index is 2.27. The molecule has 1 aromatic carbocycles. The third-order valence-electron chi connectivity index (χ3n) is 2.84. The lowest BCUT2D eigenvalue weighted by atomic mass is 10.1. The second-order valence-electron chi connectivity index (χ2n) is 4.16. The van der Waals surface area contributed by atoms with E-state index in [4.69, 9.17) is 0 Å². The minimum atomic E-state index is 0.385. The van der Waals surface area contributed by atoms with E-state index in [2.05, 4.69) is 55.3 Å². The number of benzene rings is 1. The molecule has 0 spiro atoms. The van der Waals surface area contributed by atoms with Gasteiger partial charge >= 0.3 is 0 Å². The molecule has 0 aliphatic carbocycles. The summed E-state index contributed by atoms with van der Waals surface area (Å²) in [6.07, 6.45) is 1.99. The summed E-state index contributed by atoms with van der Waals surface area (Å²) in [7, 11) is 0. The maximum absolute atomic E-state index is 4.53. The van der Waals surface area contributed by atoms with Crippen LogP contribution >= 0.6 is 11.3 Å². The monoisotopic (exact) mass is 246 g/mol. The van der Waals surface area contributed by atoms with Gasteiger partial charge in [-0.05, 0) is 26.0 Å². The highest BCUT2D eigenvalue weighted by atomic mass is 32.1. The largest absolute Gasteiger partial charge is 0.310 e. The third-order valence-corrected chi connectivity index (χ3v) is 4.05. The van der Waals surface area contributed by atoms with E-state index in [0.717, 1.165) is 11.6 Å². The molecule has 0 saturated heterocycles. The summed E-state index contributed by atoms with van der Waals surface area (Å²) in [5, 5.41) is 4.53. The zero-order valence-electron chi connectivity index (χ0n) is 10.5. The van der Waals surface area contributed by atoms with Crippen LogP contribution in [0.2, 0.25) is 0 Å². The van der Waals surface area contributed by atoms with E-state index in [1.165, 1.54) is 16.0 Å². The van der Waals surface area contributed by atoms with Crippen molar-refractivity contribution in [2.45, 2.75) is 26.8 Å². The molecular weight excluding hydrogens is 228 g/mol. The number of nitrogens with zero attached hydrogens (tertiary/aromatic N) is 1.